The number of nitrogens with one attached hydrogen (secondary N) is 1. The SMILES string of the molecule is CNc1ncnc2c1nc(C)n2C1CC(C)C(C)C1C. The van der Waals surface area contributed by atoms with E-state index in [9.17, 15) is 0 Å². The maximum absolute atomic E-state index is 4.69. The van der Waals surface area contributed by atoms with Crippen molar-refractivity contribution in [3.63, 3.8) is 0 Å². The summed E-state index contributed by atoms with van der Waals surface area (Å²) in [5.74, 6) is 3.98. The molecule has 5 heteroatoms. The van der Waals surface area contributed by atoms with Gasteiger partial charge in [-0.15, -0.1) is 0 Å². The van der Waals surface area contributed by atoms with E-state index in [1.54, 1.807) is 6.33 Å². The molecule has 0 aromatic carbocycles. The standard InChI is InChI=1S/C15H23N5/c1-8-6-12(10(3)9(8)2)20-11(4)19-13-14(16-5)17-7-18-15(13)20/h7-10,12H,6H2,1-5H3,(H,16,17,18). The Hall–Kier alpha value is -1.65. The van der Waals surface area contributed by atoms with Crippen LogP contribution in [0.15, 0.2) is 6.33 Å². The summed E-state index contributed by atoms with van der Waals surface area (Å²) >= 11 is 0. The normalized spacial score (nSPS) is 30.1. The van der Waals surface area contributed by atoms with Gasteiger partial charge >= 0.3 is 0 Å². The molecule has 5 nitrogen and oxygen atoms in total. The Morgan fingerprint density at radius 2 is 1.95 bits per heavy atom. The van der Waals surface area contributed by atoms with Gasteiger partial charge in [0.15, 0.2) is 17.0 Å². The van der Waals surface area contributed by atoms with Crippen molar-refractivity contribution in [1.82, 2.24) is 19.5 Å². The molecular weight excluding hydrogens is 250 g/mol. The van der Waals surface area contributed by atoms with Crippen molar-refractivity contribution in [3.8, 4) is 0 Å². The highest BCUT2D eigenvalue weighted by Gasteiger charge is 2.38. The number of imidazole rings is 1. The summed E-state index contributed by atoms with van der Waals surface area (Å²) in [5, 5.41) is 3.10. The molecule has 0 spiro atoms. The Kier molecular flexibility index (Phi) is 3.15. The first-order valence-corrected chi connectivity index (χ1v) is 7.41. The van der Waals surface area contributed by atoms with Gasteiger partial charge in [0.05, 0.1) is 0 Å². The predicted octanol–water partition coefficient (Wildman–Crippen LogP) is 3.03. The largest absolute Gasteiger partial charge is 0.371 e. The lowest BCUT2D eigenvalue weighted by atomic mass is 9.93. The fourth-order valence-corrected chi connectivity index (χ4v) is 3.62. The fraction of sp³-hybridized carbons (Fsp3) is 0.667. The molecule has 0 aliphatic heterocycles. The quantitative estimate of drug-likeness (QED) is 0.913. The van der Waals surface area contributed by atoms with Gasteiger partial charge in [-0.25, -0.2) is 15.0 Å². The lowest BCUT2D eigenvalue weighted by molar-refractivity contribution is 0.337. The van der Waals surface area contributed by atoms with E-state index in [0.29, 0.717) is 12.0 Å². The minimum atomic E-state index is 0.490. The van der Waals surface area contributed by atoms with E-state index in [4.69, 9.17) is 0 Å². The maximum Gasteiger partial charge on any atom is 0.165 e. The first kappa shape index (κ1) is 13.3. The number of hydrogen-bond donors (Lipinski definition) is 1. The van der Waals surface area contributed by atoms with Crippen molar-refractivity contribution in [2.75, 3.05) is 12.4 Å². The highest BCUT2D eigenvalue weighted by molar-refractivity contribution is 5.83. The molecule has 20 heavy (non-hydrogen) atoms. The van der Waals surface area contributed by atoms with Crippen LogP contribution >= 0.6 is 0 Å². The molecular formula is C15H23N5. The van der Waals surface area contributed by atoms with Crippen LogP contribution in [0.25, 0.3) is 11.2 Å². The van der Waals surface area contributed by atoms with Crippen LogP contribution in [0.1, 0.15) is 39.1 Å². The summed E-state index contributed by atoms with van der Waals surface area (Å²) in [6.45, 7) is 9.13. The zero-order valence-corrected chi connectivity index (χ0v) is 12.9. The van der Waals surface area contributed by atoms with Gasteiger partial charge < -0.3 is 9.88 Å². The van der Waals surface area contributed by atoms with Gasteiger partial charge in [0.25, 0.3) is 0 Å². The average molecular weight is 273 g/mol. The lowest BCUT2D eigenvalue weighted by Crippen LogP contribution is -2.16. The summed E-state index contributed by atoms with van der Waals surface area (Å²) in [7, 11) is 1.87. The van der Waals surface area contributed by atoms with Gasteiger partial charge in [-0.05, 0) is 31.1 Å². The Morgan fingerprint density at radius 1 is 1.20 bits per heavy atom. The van der Waals surface area contributed by atoms with Crippen molar-refractivity contribution in [1.29, 1.82) is 0 Å². The monoisotopic (exact) mass is 273 g/mol. The van der Waals surface area contributed by atoms with Crippen LogP contribution in [-0.2, 0) is 0 Å². The van der Waals surface area contributed by atoms with Crippen molar-refractivity contribution >= 4 is 17.0 Å². The molecule has 4 unspecified atom stereocenters. The van der Waals surface area contributed by atoms with Gasteiger partial charge in [0.1, 0.15) is 12.2 Å². The summed E-state index contributed by atoms with van der Waals surface area (Å²) in [5.41, 5.74) is 1.84. The van der Waals surface area contributed by atoms with E-state index in [1.165, 1.54) is 6.42 Å². The molecule has 2 heterocycles. The minimum Gasteiger partial charge on any atom is -0.371 e. The molecule has 1 aliphatic carbocycles. The zero-order chi connectivity index (χ0) is 14.4. The molecule has 2 aromatic heterocycles. The maximum atomic E-state index is 4.69. The molecule has 0 saturated heterocycles. The number of aryl methyl sites for hydroxylation is 1. The van der Waals surface area contributed by atoms with Crippen LogP contribution in [0.2, 0.25) is 0 Å². The number of nitrogens with zero attached hydrogens (tertiary/aromatic N) is 4. The van der Waals surface area contributed by atoms with E-state index >= 15 is 0 Å². The second kappa shape index (κ2) is 4.72. The minimum absolute atomic E-state index is 0.490. The van der Waals surface area contributed by atoms with Crippen molar-refractivity contribution in [2.24, 2.45) is 17.8 Å². The van der Waals surface area contributed by atoms with Crippen LogP contribution < -0.4 is 5.32 Å². The topological polar surface area (TPSA) is 55.6 Å². The molecule has 0 radical (unpaired) electrons. The zero-order valence-electron chi connectivity index (χ0n) is 12.9. The molecule has 108 valence electrons. The van der Waals surface area contributed by atoms with Crippen LogP contribution in [0.5, 0.6) is 0 Å². The van der Waals surface area contributed by atoms with E-state index in [0.717, 1.165) is 34.6 Å². The summed E-state index contributed by atoms with van der Waals surface area (Å²) < 4.78 is 2.32. The summed E-state index contributed by atoms with van der Waals surface area (Å²) in [6, 6.07) is 0.490. The van der Waals surface area contributed by atoms with Crippen molar-refractivity contribution in [2.45, 2.75) is 40.2 Å². The van der Waals surface area contributed by atoms with Crippen molar-refractivity contribution < 1.29 is 0 Å². The first-order valence-electron chi connectivity index (χ1n) is 7.41. The molecule has 0 amide bonds. The third-order valence-corrected chi connectivity index (χ3v) is 5.17. The fourth-order valence-electron chi connectivity index (χ4n) is 3.62. The summed E-state index contributed by atoms with van der Waals surface area (Å²) in [6.07, 6.45) is 2.83. The molecule has 2 aromatic rings. The van der Waals surface area contributed by atoms with Gasteiger partial charge in [0, 0.05) is 13.1 Å². The van der Waals surface area contributed by atoms with Gasteiger partial charge in [-0.3, -0.25) is 0 Å². The second-order valence-electron chi connectivity index (χ2n) is 6.17. The molecule has 1 saturated carbocycles. The first-order chi connectivity index (χ1) is 9.54. The molecule has 3 rings (SSSR count). The van der Waals surface area contributed by atoms with Crippen molar-refractivity contribution in [3.05, 3.63) is 12.2 Å². The number of rotatable bonds is 2. The van der Waals surface area contributed by atoms with Gasteiger partial charge in [-0.1, -0.05) is 20.8 Å². The Bertz CT molecular complexity index is 632. The summed E-state index contributed by atoms with van der Waals surface area (Å²) in [4.78, 5) is 13.4. The highest BCUT2D eigenvalue weighted by Crippen LogP contribution is 2.45. The molecule has 0 bridgehead atoms. The second-order valence-corrected chi connectivity index (χ2v) is 6.17. The molecule has 1 aliphatic rings. The number of aromatic nitrogens is 4. The van der Waals surface area contributed by atoms with Crippen LogP contribution in [0.3, 0.4) is 0 Å². The van der Waals surface area contributed by atoms with E-state index in [1.807, 2.05) is 7.05 Å². The number of hydrogen-bond acceptors (Lipinski definition) is 4. The third kappa shape index (κ3) is 1.79. The van der Waals surface area contributed by atoms with E-state index in [2.05, 4.69) is 52.5 Å². The molecule has 1 N–H and O–H groups in total. The van der Waals surface area contributed by atoms with Crippen LogP contribution in [-0.4, -0.2) is 26.6 Å². The van der Waals surface area contributed by atoms with Crippen LogP contribution in [0.4, 0.5) is 5.82 Å². The lowest BCUT2D eigenvalue weighted by Gasteiger charge is -2.21. The Balaban J connectivity index is 2.15. The predicted molar refractivity (Wildman–Crippen MR) is 80.8 cm³/mol. The van der Waals surface area contributed by atoms with Crippen LogP contribution in [0, 0.1) is 24.7 Å². The third-order valence-electron chi connectivity index (χ3n) is 5.17. The number of fused-ring (bicyclic) bond motifs is 1. The highest BCUT2D eigenvalue weighted by atomic mass is 15.2. The Labute approximate surface area is 119 Å². The van der Waals surface area contributed by atoms with Gasteiger partial charge in [-0.2, -0.15) is 0 Å². The van der Waals surface area contributed by atoms with E-state index in [-0.39, 0.29) is 0 Å². The average Bonchev–Trinajstić information content (AvgIpc) is 2.89. The Morgan fingerprint density at radius 3 is 2.55 bits per heavy atom. The van der Waals surface area contributed by atoms with E-state index < -0.39 is 0 Å². The molecule has 1 fully saturated rings. The van der Waals surface area contributed by atoms with Gasteiger partial charge in [0.2, 0.25) is 0 Å². The number of anilines is 1. The smallest absolute Gasteiger partial charge is 0.165 e. The molecule has 4 atom stereocenters.